The van der Waals surface area contributed by atoms with Gasteiger partial charge in [0.05, 0.1) is 16.7 Å². The van der Waals surface area contributed by atoms with E-state index < -0.39 is 0 Å². The zero-order valence-electron chi connectivity index (χ0n) is 11.1. The van der Waals surface area contributed by atoms with Gasteiger partial charge >= 0.3 is 0 Å². The lowest BCUT2D eigenvalue weighted by Gasteiger charge is -2.50. The van der Waals surface area contributed by atoms with Gasteiger partial charge in [0.25, 0.3) is 5.69 Å². The van der Waals surface area contributed by atoms with Crippen LogP contribution in [0.25, 0.3) is 0 Å². The molecule has 0 aliphatic heterocycles. The van der Waals surface area contributed by atoms with Gasteiger partial charge in [0.15, 0.2) is 0 Å². The second-order valence-electron chi connectivity index (χ2n) is 5.65. The van der Waals surface area contributed by atoms with Crippen LogP contribution in [0.5, 0.6) is 0 Å². The maximum absolute atomic E-state index is 11.0. The summed E-state index contributed by atoms with van der Waals surface area (Å²) in [4.78, 5) is 10.6. The number of rotatable bonds is 3. The minimum atomic E-state index is -0.381. The van der Waals surface area contributed by atoms with Crippen molar-refractivity contribution in [1.29, 1.82) is 0 Å². The molecule has 19 heavy (non-hydrogen) atoms. The number of halogens is 1. The van der Waals surface area contributed by atoms with Gasteiger partial charge in [-0.1, -0.05) is 13.8 Å². The van der Waals surface area contributed by atoms with Crippen LogP contribution < -0.4 is 5.32 Å². The summed E-state index contributed by atoms with van der Waals surface area (Å²) >= 11 is 3.42. The van der Waals surface area contributed by atoms with Crippen molar-refractivity contribution in [2.45, 2.75) is 39.3 Å². The van der Waals surface area contributed by atoms with Crippen molar-refractivity contribution >= 4 is 27.3 Å². The largest absolute Gasteiger partial charge is 0.392 e. The molecule has 1 aromatic carbocycles. The summed E-state index contributed by atoms with van der Waals surface area (Å²) in [5, 5.41) is 24.0. The number of anilines is 1. The van der Waals surface area contributed by atoms with E-state index in [1.807, 2.05) is 13.8 Å². The molecule has 0 heterocycles. The van der Waals surface area contributed by atoms with Gasteiger partial charge < -0.3 is 10.4 Å². The maximum atomic E-state index is 11.0. The predicted octanol–water partition coefficient (Wildman–Crippen LogP) is 3.24. The molecule has 1 aliphatic carbocycles. The lowest BCUT2D eigenvalue weighted by Crippen LogP contribution is -2.56. The molecule has 0 saturated heterocycles. The van der Waals surface area contributed by atoms with E-state index in [1.165, 1.54) is 0 Å². The van der Waals surface area contributed by atoms with Crippen LogP contribution in [0.3, 0.4) is 0 Å². The number of nitrogens with zero attached hydrogens (tertiary/aromatic N) is 1. The predicted molar refractivity (Wildman–Crippen MR) is 77.3 cm³/mol. The van der Waals surface area contributed by atoms with E-state index in [0.29, 0.717) is 17.7 Å². The summed E-state index contributed by atoms with van der Waals surface area (Å²) in [6, 6.07) is 3.39. The fraction of sp³-hybridized carbons (Fsp3) is 0.538. The van der Waals surface area contributed by atoms with E-state index >= 15 is 0 Å². The first-order valence-electron chi connectivity index (χ1n) is 6.12. The van der Waals surface area contributed by atoms with Gasteiger partial charge in [-0.25, -0.2) is 0 Å². The Labute approximate surface area is 120 Å². The topological polar surface area (TPSA) is 75.4 Å². The molecule has 2 N–H and O–H groups in total. The molecule has 0 amide bonds. The molecule has 2 atom stereocenters. The zero-order chi connectivity index (χ0) is 14.4. The van der Waals surface area contributed by atoms with Crippen molar-refractivity contribution in [3.63, 3.8) is 0 Å². The molecule has 1 saturated carbocycles. The van der Waals surface area contributed by atoms with Crippen molar-refractivity contribution in [3.05, 3.63) is 32.3 Å². The number of aryl methyl sites for hydroxylation is 1. The number of nitro benzene ring substituents is 1. The van der Waals surface area contributed by atoms with Crippen LogP contribution in [-0.4, -0.2) is 22.2 Å². The Bertz CT molecular complexity index is 531. The number of aliphatic hydroxyl groups excluding tert-OH is 1. The van der Waals surface area contributed by atoms with E-state index in [4.69, 9.17) is 0 Å². The van der Waals surface area contributed by atoms with Gasteiger partial charge in [-0.3, -0.25) is 10.1 Å². The SMILES string of the molecule is Cc1cc(Br)c(NC2CC(O)C2(C)C)cc1[N+](=O)[O-]. The highest BCUT2D eigenvalue weighted by Crippen LogP contribution is 2.43. The third-order valence-electron chi connectivity index (χ3n) is 4.03. The highest BCUT2D eigenvalue weighted by molar-refractivity contribution is 9.10. The van der Waals surface area contributed by atoms with Crippen molar-refractivity contribution in [2.75, 3.05) is 5.32 Å². The molecule has 1 aliphatic rings. The van der Waals surface area contributed by atoms with Crippen molar-refractivity contribution < 1.29 is 10.0 Å². The molecule has 2 unspecified atom stereocenters. The first-order chi connectivity index (χ1) is 8.73. The Hall–Kier alpha value is -1.14. The van der Waals surface area contributed by atoms with Crippen LogP contribution in [-0.2, 0) is 0 Å². The fourth-order valence-corrected chi connectivity index (χ4v) is 2.88. The summed E-state index contributed by atoms with van der Waals surface area (Å²) in [5.74, 6) is 0. The monoisotopic (exact) mass is 328 g/mol. The number of nitrogens with one attached hydrogen (secondary N) is 1. The molecule has 2 rings (SSSR count). The first-order valence-corrected chi connectivity index (χ1v) is 6.92. The maximum Gasteiger partial charge on any atom is 0.274 e. The summed E-state index contributed by atoms with van der Waals surface area (Å²) < 4.78 is 0.799. The van der Waals surface area contributed by atoms with Crippen LogP contribution >= 0.6 is 15.9 Å². The highest BCUT2D eigenvalue weighted by Gasteiger charge is 2.47. The zero-order valence-corrected chi connectivity index (χ0v) is 12.7. The van der Waals surface area contributed by atoms with Gasteiger partial charge in [0.2, 0.25) is 0 Å². The molecule has 0 bridgehead atoms. The van der Waals surface area contributed by atoms with E-state index in [1.54, 1.807) is 19.1 Å². The molecular weight excluding hydrogens is 312 g/mol. The minimum Gasteiger partial charge on any atom is -0.392 e. The van der Waals surface area contributed by atoms with Crippen LogP contribution in [0, 0.1) is 22.5 Å². The Morgan fingerprint density at radius 1 is 1.53 bits per heavy atom. The Morgan fingerprint density at radius 2 is 2.16 bits per heavy atom. The quantitative estimate of drug-likeness (QED) is 0.659. The van der Waals surface area contributed by atoms with Crippen molar-refractivity contribution in [2.24, 2.45) is 5.41 Å². The molecule has 1 fully saturated rings. The Balaban J connectivity index is 2.26. The van der Waals surface area contributed by atoms with Gasteiger partial charge in [0, 0.05) is 27.6 Å². The third kappa shape index (κ3) is 2.47. The number of nitro groups is 1. The highest BCUT2D eigenvalue weighted by atomic mass is 79.9. The average Bonchev–Trinajstić information content (AvgIpc) is 2.31. The smallest absolute Gasteiger partial charge is 0.274 e. The Kier molecular flexibility index (Phi) is 3.57. The molecule has 104 valence electrons. The second-order valence-corrected chi connectivity index (χ2v) is 6.50. The van der Waals surface area contributed by atoms with Crippen LogP contribution in [0.15, 0.2) is 16.6 Å². The summed E-state index contributed by atoms with van der Waals surface area (Å²) in [5.41, 5.74) is 1.19. The standard InChI is InChI=1S/C13H17BrN2O3/c1-7-4-8(14)9(5-10(7)16(18)19)15-11-6-12(17)13(11,2)3/h4-5,11-12,15,17H,6H2,1-3H3. The normalized spacial score (nSPS) is 24.7. The van der Waals surface area contributed by atoms with E-state index in [9.17, 15) is 15.2 Å². The molecule has 0 radical (unpaired) electrons. The van der Waals surface area contributed by atoms with E-state index in [2.05, 4.69) is 21.2 Å². The molecule has 5 nitrogen and oxygen atoms in total. The van der Waals surface area contributed by atoms with Crippen molar-refractivity contribution in [3.8, 4) is 0 Å². The van der Waals surface area contributed by atoms with Gasteiger partial charge in [0.1, 0.15) is 0 Å². The minimum absolute atomic E-state index is 0.100. The fourth-order valence-electron chi connectivity index (χ4n) is 2.30. The molecule has 6 heteroatoms. The number of hydrogen-bond acceptors (Lipinski definition) is 4. The molecule has 0 spiro atoms. The molecule has 0 aromatic heterocycles. The van der Waals surface area contributed by atoms with Crippen LogP contribution in [0.2, 0.25) is 0 Å². The average molecular weight is 329 g/mol. The number of aliphatic hydroxyl groups is 1. The lowest BCUT2D eigenvalue weighted by atomic mass is 9.64. The van der Waals surface area contributed by atoms with Gasteiger partial charge in [-0.05, 0) is 35.3 Å². The van der Waals surface area contributed by atoms with E-state index in [-0.39, 0.29) is 28.2 Å². The Morgan fingerprint density at radius 3 is 2.63 bits per heavy atom. The lowest BCUT2D eigenvalue weighted by molar-refractivity contribution is -0.385. The number of hydrogen-bond donors (Lipinski definition) is 2. The van der Waals surface area contributed by atoms with Crippen LogP contribution in [0.4, 0.5) is 11.4 Å². The number of benzene rings is 1. The first kappa shape index (κ1) is 14.3. The van der Waals surface area contributed by atoms with Gasteiger partial charge in [-0.2, -0.15) is 0 Å². The second kappa shape index (κ2) is 4.76. The summed E-state index contributed by atoms with van der Waals surface area (Å²) in [6.07, 6.45) is 0.324. The van der Waals surface area contributed by atoms with Crippen LogP contribution in [0.1, 0.15) is 25.8 Å². The van der Waals surface area contributed by atoms with Crippen molar-refractivity contribution in [1.82, 2.24) is 0 Å². The molecule has 1 aromatic rings. The summed E-state index contributed by atoms with van der Waals surface area (Å²) in [6.45, 7) is 5.67. The molecular formula is C13H17BrN2O3. The third-order valence-corrected chi connectivity index (χ3v) is 4.68. The van der Waals surface area contributed by atoms with Gasteiger partial charge in [-0.15, -0.1) is 0 Å². The summed E-state index contributed by atoms with van der Waals surface area (Å²) in [7, 11) is 0. The van der Waals surface area contributed by atoms with E-state index in [0.717, 1.165) is 4.47 Å².